The van der Waals surface area contributed by atoms with Crippen LogP contribution in [0.1, 0.15) is 5.56 Å². The van der Waals surface area contributed by atoms with E-state index in [2.05, 4.69) is 15.6 Å². The van der Waals surface area contributed by atoms with E-state index in [9.17, 15) is 14.7 Å². The zero-order valence-electron chi connectivity index (χ0n) is 12.9. The summed E-state index contributed by atoms with van der Waals surface area (Å²) in [7, 11) is 0. The number of aromatic hydroxyl groups is 1. The van der Waals surface area contributed by atoms with Gasteiger partial charge in [0.25, 0.3) is 0 Å². The SMILES string of the molecule is O=C(NCCc1ccc(O)cc1)C(=O)Nc1ccc2[nH]ccc2c1. The lowest BCUT2D eigenvalue weighted by molar-refractivity contribution is -0.136. The van der Waals surface area contributed by atoms with Crippen LogP contribution in [0.5, 0.6) is 5.75 Å². The summed E-state index contributed by atoms with van der Waals surface area (Å²) in [6.07, 6.45) is 2.39. The summed E-state index contributed by atoms with van der Waals surface area (Å²) in [6, 6.07) is 14.0. The van der Waals surface area contributed by atoms with Gasteiger partial charge in [-0.15, -0.1) is 0 Å². The highest BCUT2D eigenvalue weighted by molar-refractivity contribution is 6.39. The molecule has 2 amide bonds. The maximum absolute atomic E-state index is 11.9. The van der Waals surface area contributed by atoms with E-state index in [0.29, 0.717) is 18.7 Å². The number of amides is 2. The number of carbonyl (C=O) groups is 2. The van der Waals surface area contributed by atoms with Gasteiger partial charge in [-0.05, 0) is 48.4 Å². The highest BCUT2D eigenvalue weighted by Crippen LogP contribution is 2.17. The lowest BCUT2D eigenvalue weighted by Crippen LogP contribution is -2.36. The molecule has 1 heterocycles. The van der Waals surface area contributed by atoms with E-state index in [0.717, 1.165) is 16.5 Å². The van der Waals surface area contributed by atoms with Crippen LogP contribution in [0.25, 0.3) is 10.9 Å². The third kappa shape index (κ3) is 3.73. The number of anilines is 1. The number of carbonyl (C=O) groups excluding carboxylic acids is 2. The van der Waals surface area contributed by atoms with Crippen molar-refractivity contribution in [1.82, 2.24) is 10.3 Å². The quantitative estimate of drug-likeness (QED) is 0.554. The fourth-order valence-corrected chi connectivity index (χ4v) is 2.38. The van der Waals surface area contributed by atoms with Crippen molar-refractivity contribution < 1.29 is 14.7 Å². The van der Waals surface area contributed by atoms with Gasteiger partial charge in [0.1, 0.15) is 5.75 Å². The van der Waals surface area contributed by atoms with E-state index >= 15 is 0 Å². The number of hydrogen-bond donors (Lipinski definition) is 4. The van der Waals surface area contributed by atoms with Crippen LogP contribution < -0.4 is 10.6 Å². The molecule has 4 N–H and O–H groups in total. The van der Waals surface area contributed by atoms with Crippen molar-refractivity contribution in [3.63, 3.8) is 0 Å². The van der Waals surface area contributed by atoms with Gasteiger partial charge in [-0.3, -0.25) is 9.59 Å². The van der Waals surface area contributed by atoms with Crippen molar-refractivity contribution in [2.24, 2.45) is 0 Å². The van der Waals surface area contributed by atoms with Gasteiger partial charge in [0.2, 0.25) is 0 Å². The second-order valence-corrected chi connectivity index (χ2v) is 5.41. The van der Waals surface area contributed by atoms with Crippen LogP contribution in [0.4, 0.5) is 5.69 Å². The van der Waals surface area contributed by atoms with Crippen molar-refractivity contribution in [1.29, 1.82) is 0 Å². The first-order chi connectivity index (χ1) is 11.6. The average Bonchev–Trinajstić information content (AvgIpc) is 3.04. The molecule has 122 valence electrons. The summed E-state index contributed by atoms with van der Waals surface area (Å²) in [5.74, 6) is -1.18. The summed E-state index contributed by atoms with van der Waals surface area (Å²) in [6.45, 7) is 0.341. The Balaban J connectivity index is 1.50. The third-order valence-electron chi connectivity index (χ3n) is 3.65. The zero-order chi connectivity index (χ0) is 16.9. The van der Waals surface area contributed by atoms with Crippen molar-refractivity contribution in [2.45, 2.75) is 6.42 Å². The van der Waals surface area contributed by atoms with Gasteiger partial charge >= 0.3 is 11.8 Å². The summed E-state index contributed by atoms with van der Waals surface area (Å²) in [5.41, 5.74) is 2.50. The van der Waals surface area contributed by atoms with E-state index in [4.69, 9.17) is 0 Å². The van der Waals surface area contributed by atoms with Crippen LogP contribution in [0.3, 0.4) is 0 Å². The number of aromatic nitrogens is 1. The molecule has 0 unspecified atom stereocenters. The summed E-state index contributed by atoms with van der Waals surface area (Å²) < 4.78 is 0. The molecule has 0 fully saturated rings. The standard InChI is InChI=1S/C18H17N3O3/c22-15-4-1-12(2-5-15)7-9-20-17(23)18(24)21-14-3-6-16-13(11-14)8-10-19-16/h1-6,8,10-11,19,22H,7,9H2,(H,20,23)(H,21,24). The second-order valence-electron chi connectivity index (χ2n) is 5.41. The molecule has 0 radical (unpaired) electrons. The highest BCUT2D eigenvalue weighted by Gasteiger charge is 2.13. The maximum Gasteiger partial charge on any atom is 0.313 e. The normalized spacial score (nSPS) is 10.5. The molecule has 0 bridgehead atoms. The van der Waals surface area contributed by atoms with Crippen LogP contribution in [0, 0.1) is 0 Å². The van der Waals surface area contributed by atoms with Gasteiger partial charge in [0, 0.05) is 29.3 Å². The molecule has 2 aromatic carbocycles. The van der Waals surface area contributed by atoms with Gasteiger partial charge in [-0.1, -0.05) is 12.1 Å². The van der Waals surface area contributed by atoms with Crippen LogP contribution >= 0.6 is 0 Å². The van der Waals surface area contributed by atoms with Crippen molar-refractivity contribution >= 4 is 28.4 Å². The molecule has 0 saturated heterocycles. The lowest BCUT2D eigenvalue weighted by atomic mass is 10.1. The number of aromatic amines is 1. The summed E-state index contributed by atoms with van der Waals surface area (Å²) >= 11 is 0. The average molecular weight is 323 g/mol. The van der Waals surface area contributed by atoms with E-state index in [1.165, 1.54) is 0 Å². The molecule has 6 heteroatoms. The molecule has 0 saturated carbocycles. The number of H-pyrrole nitrogens is 1. The van der Waals surface area contributed by atoms with Crippen molar-refractivity contribution in [3.8, 4) is 5.75 Å². The fourth-order valence-electron chi connectivity index (χ4n) is 2.38. The molecular formula is C18H17N3O3. The molecule has 24 heavy (non-hydrogen) atoms. The van der Waals surface area contributed by atoms with E-state index < -0.39 is 11.8 Å². The van der Waals surface area contributed by atoms with Gasteiger partial charge in [0.15, 0.2) is 0 Å². The minimum atomic E-state index is -0.699. The third-order valence-corrected chi connectivity index (χ3v) is 3.65. The lowest BCUT2D eigenvalue weighted by Gasteiger charge is -2.07. The Hall–Kier alpha value is -3.28. The van der Waals surface area contributed by atoms with Gasteiger partial charge in [-0.2, -0.15) is 0 Å². The largest absolute Gasteiger partial charge is 0.508 e. The van der Waals surface area contributed by atoms with E-state index in [-0.39, 0.29) is 5.75 Å². The number of nitrogens with one attached hydrogen (secondary N) is 3. The van der Waals surface area contributed by atoms with E-state index in [1.54, 1.807) is 36.4 Å². The van der Waals surface area contributed by atoms with Crippen molar-refractivity contribution in [3.05, 3.63) is 60.3 Å². The molecule has 0 spiro atoms. The number of rotatable bonds is 4. The fraction of sp³-hybridized carbons (Fsp3) is 0.111. The Labute approximate surface area is 138 Å². The van der Waals surface area contributed by atoms with Gasteiger partial charge in [-0.25, -0.2) is 0 Å². The molecule has 0 aliphatic rings. The number of phenols is 1. The topological polar surface area (TPSA) is 94.2 Å². The van der Waals surface area contributed by atoms with Crippen LogP contribution in [-0.2, 0) is 16.0 Å². The maximum atomic E-state index is 11.9. The van der Waals surface area contributed by atoms with Gasteiger partial charge in [0.05, 0.1) is 0 Å². The first kappa shape index (κ1) is 15.6. The number of phenolic OH excluding ortho intramolecular Hbond substituents is 1. The Bertz CT molecular complexity index is 869. The molecule has 1 aromatic heterocycles. The van der Waals surface area contributed by atoms with Crippen molar-refractivity contribution in [2.75, 3.05) is 11.9 Å². The Morgan fingerprint density at radius 1 is 1.00 bits per heavy atom. The monoisotopic (exact) mass is 323 g/mol. The number of benzene rings is 2. The van der Waals surface area contributed by atoms with Crippen LogP contribution in [0.2, 0.25) is 0 Å². The molecule has 6 nitrogen and oxygen atoms in total. The smallest absolute Gasteiger partial charge is 0.313 e. The predicted octanol–water partition coefficient (Wildman–Crippen LogP) is 2.17. The molecule has 3 aromatic rings. The molecule has 0 aliphatic carbocycles. The van der Waals surface area contributed by atoms with Crippen LogP contribution in [-0.4, -0.2) is 28.4 Å². The number of hydrogen-bond acceptors (Lipinski definition) is 3. The Morgan fingerprint density at radius 2 is 1.79 bits per heavy atom. The summed E-state index contributed by atoms with van der Waals surface area (Å²) in [4.78, 5) is 26.8. The highest BCUT2D eigenvalue weighted by atomic mass is 16.3. The first-order valence-electron chi connectivity index (χ1n) is 7.56. The summed E-state index contributed by atoms with van der Waals surface area (Å²) in [5, 5.41) is 15.3. The molecule has 0 atom stereocenters. The minimum Gasteiger partial charge on any atom is -0.508 e. The molecule has 3 rings (SSSR count). The number of fused-ring (bicyclic) bond motifs is 1. The Kier molecular flexibility index (Phi) is 4.47. The predicted molar refractivity (Wildman–Crippen MR) is 91.7 cm³/mol. The molecular weight excluding hydrogens is 306 g/mol. The zero-order valence-corrected chi connectivity index (χ0v) is 12.9. The van der Waals surface area contributed by atoms with Crippen LogP contribution in [0.15, 0.2) is 54.7 Å². The second kappa shape index (κ2) is 6.87. The first-order valence-corrected chi connectivity index (χ1v) is 7.56. The minimum absolute atomic E-state index is 0.196. The Morgan fingerprint density at radius 3 is 2.58 bits per heavy atom. The molecule has 0 aliphatic heterocycles. The van der Waals surface area contributed by atoms with Gasteiger partial charge < -0.3 is 20.7 Å². The van der Waals surface area contributed by atoms with E-state index in [1.807, 2.05) is 18.3 Å².